The van der Waals surface area contributed by atoms with Gasteiger partial charge in [-0.2, -0.15) is 5.10 Å². The number of aliphatic imine (C=N–C) groups is 1. The monoisotopic (exact) mass is 611 g/mol. The number of phenols is 1. The number of aromatic nitrogens is 3. The lowest BCUT2D eigenvalue weighted by atomic mass is 9.81. The van der Waals surface area contributed by atoms with E-state index in [0.29, 0.717) is 12.5 Å². The van der Waals surface area contributed by atoms with E-state index in [1.54, 1.807) is 6.07 Å². The molecule has 0 radical (unpaired) electrons. The Morgan fingerprint density at radius 3 is 2.71 bits per heavy atom. The summed E-state index contributed by atoms with van der Waals surface area (Å²) < 4.78 is 1.99. The topological polar surface area (TPSA) is 83.6 Å². The summed E-state index contributed by atoms with van der Waals surface area (Å²) in [6.45, 7) is 8.30. The van der Waals surface area contributed by atoms with Gasteiger partial charge in [0.2, 0.25) is 5.91 Å². The van der Waals surface area contributed by atoms with Gasteiger partial charge in [0.15, 0.2) is 0 Å². The molecule has 2 unspecified atom stereocenters. The first kappa shape index (κ1) is 33.3. The van der Waals surface area contributed by atoms with Crippen molar-refractivity contribution in [2.24, 2.45) is 10.4 Å². The summed E-state index contributed by atoms with van der Waals surface area (Å²) >= 11 is 0. The van der Waals surface area contributed by atoms with E-state index < -0.39 is 0 Å². The lowest BCUT2D eigenvalue weighted by Crippen LogP contribution is -2.36. The number of anilines is 1. The number of halogens is 2. The predicted molar refractivity (Wildman–Crippen MR) is 174 cm³/mol. The Bertz CT molecular complexity index is 1370. The molecule has 9 heteroatoms. The number of hydrogen-bond acceptors (Lipinski definition) is 5. The number of aromatic hydroxyl groups is 1. The van der Waals surface area contributed by atoms with Crippen molar-refractivity contribution in [3.05, 3.63) is 83.5 Å². The third kappa shape index (κ3) is 7.42. The smallest absolute Gasteiger partial charge is 0.234 e. The van der Waals surface area contributed by atoms with E-state index in [2.05, 4.69) is 55.3 Å². The first-order valence-electron chi connectivity index (χ1n) is 14.7. The molecule has 3 aromatic rings. The second-order valence-electron chi connectivity index (χ2n) is 11.6. The molecule has 0 spiro atoms. The highest BCUT2D eigenvalue weighted by molar-refractivity contribution is 5.98. The number of amides is 1. The third-order valence-corrected chi connectivity index (χ3v) is 8.21. The van der Waals surface area contributed by atoms with Crippen LogP contribution in [0.4, 0.5) is 5.69 Å². The molecular formula is C33H43Cl2N5O2. The molecule has 1 N–H and O–H groups in total. The van der Waals surface area contributed by atoms with E-state index in [1.165, 1.54) is 0 Å². The molecule has 3 heterocycles. The number of fused-ring (bicyclic) bond motifs is 1. The van der Waals surface area contributed by atoms with Gasteiger partial charge in [-0.25, -0.2) is 0 Å². The summed E-state index contributed by atoms with van der Waals surface area (Å²) in [5.41, 5.74) is 4.44. The zero-order valence-corrected chi connectivity index (χ0v) is 26.4. The van der Waals surface area contributed by atoms with E-state index in [1.807, 2.05) is 46.2 Å². The molecule has 2 atom stereocenters. The maximum Gasteiger partial charge on any atom is 0.234 e. The average Bonchev–Trinajstić information content (AvgIpc) is 3.41. The van der Waals surface area contributed by atoms with E-state index in [0.717, 1.165) is 79.7 Å². The Balaban J connectivity index is 0.00000242. The number of carbonyl (C=O) groups excluding carboxylic acids is 1. The Labute approximate surface area is 262 Å². The van der Waals surface area contributed by atoms with Crippen LogP contribution in [0, 0.1) is 5.41 Å². The number of benzene rings is 1. The molecule has 1 aliphatic heterocycles. The highest BCUT2D eigenvalue weighted by Gasteiger charge is 2.33. The predicted octanol–water partition coefficient (Wildman–Crippen LogP) is 7.42. The van der Waals surface area contributed by atoms with Crippen LogP contribution in [0.15, 0.2) is 66.1 Å². The summed E-state index contributed by atoms with van der Waals surface area (Å²) in [5.74, 6) is 0.307. The number of pyridine rings is 1. The summed E-state index contributed by atoms with van der Waals surface area (Å²) in [6.07, 6.45) is 18.0. The SMILES string of the molecule is CCCCC1(Cn2cc(CN(C(=O)C3CCCc4c(O)cccc43)c3ccc(C(C)C)nc3)cn2)C=CCN=C1.Cl.Cl. The summed E-state index contributed by atoms with van der Waals surface area (Å²) in [7, 11) is 0. The lowest BCUT2D eigenvalue weighted by molar-refractivity contribution is -0.120. The molecule has 7 nitrogen and oxygen atoms in total. The van der Waals surface area contributed by atoms with Crippen LogP contribution in [0.3, 0.4) is 0 Å². The number of rotatable bonds is 10. The Hall–Kier alpha value is -3.16. The number of allylic oxidation sites excluding steroid dienone is 1. The van der Waals surface area contributed by atoms with E-state index in [9.17, 15) is 9.90 Å². The Morgan fingerprint density at radius 2 is 2.02 bits per heavy atom. The molecule has 5 rings (SSSR count). The first-order valence-corrected chi connectivity index (χ1v) is 14.7. The van der Waals surface area contributed by atoms with Gasteiger partial charge in [0.25, 0.3) is 0 Å². The van der Waals surface area contributed by atoms with Gasteiger partial charge >= 0.3 is 0 Å². The normalized spacial score (nSPS) is 19.1. The molecule has 42 heavy (non-hydrogen) atoms. The lowest BCUT2D eigenvalue weighted by Gasteiger charge is -2.31. The van der Waals surface area contributed by atoms with Crippen LogP contribution in [0.25, 0.3) is 0 Å². The maximum atomic E-state index is 14.3. The van der Waals surface area contributed by atoms with Crippen molar-refractivity contribution in [2.45, 2.75) is 84.2 Å². The van der Waals surface area contributed by atoms with Crippen LogP contribution in [0.2, 0.25) is 0 Å². The number of hydrogen-bond donors (Lipinski definition) is 1. The minimum atomic E-state index is -0.309. The van der Waals surface area contributed by atoms with Crippen LogP contribution in [-0.4, -0.2) is 38.5 Å². The maximum absolute atomic E-state index is 14.3. The van der Waals surface area contributed by atoms with Gasteiger partial charge in [-0.1, -0.05) is 57.9 Å². The van der Waals surface area contributed by atoms with Gasteiger partial charge in [0.05, 0.1) is 43.6 Å². The fourth-order valence-electron chi connectivity index (χ4n) is 5.98. The minimum Gasteiger partial charge on any atom is -0.508 e. The van der Waals surface area contributed by atoms with Gasteiger partial charge in [0, 0.05) is 29.1 Å². The molecule has 0 fully saturated rings. The second kappa shape index (κ2) is 14.8. The van der Waals surface area contributed by atoms with Crippen LogP contribution in [0.1, 0.15) is 87.1 Å². The molecule has 1 aromatic carbocycles. The van der Waals surface area contributed by atoms with Crippen molar-refractivity contribution in [3.63, 3.8) is 0 Å². The van der Waals surface area contributed by atoms with Gasteiger partial charge < -0.3 is 10.0 Å². The van der Waals surface area contributed by atoms with Crippen LogP contribution in [0.5, 0.6) is 5.75 Å². The summed E-state index contributed by atoms with van der Waals surface area (Å²) in [6, 6.07) is 9.55. The highest BCUT2D eigenvalue weighted by Crippen LogP contribution is 2.38. The van der Waals surface area contributed by atoms with E-state index in [4.69, 9.17) is 5.10 Å². The van der Waals surface area contributed by atoms with Crippen LogP contribution < -0.4 is 4.90 Å². The number of dihydropyridines is 1. The van der Waals surface area contributed by atoms with Gasteiger partial charge in [0.1, 0.15) is 5.75 Å². The first-order chi connectivity index (χ1) is 19.4. The number of nitrogens with zero attached hydrogens (tertiary/aromatic N) is 5. The van der Waals surface area contributed by atoms with Gasteiger partial charge in [-0.05, 0) is 60.9 Å². The fraction of sp³-hybridized carbons (Fsp3) is 0.455. The summed E-state index contributed by atoms with van der Waals surface area (Å²) in [4.78, 5) is 25.3. The second-order valence-corrected chi connectivity index (χ2v) is 11.6. The van der Waals surface area contributed by atoms with E-state index in [-0.39, 0.29) is 47.8 Å². The molecule has 0 saturated carbocycles. The highest BCUT2D eigenvalue weighted by atomic mass is 35.5. The fourth-order valence-corrected chi connectivity index (χ4v) is 5.98. The van der Waals surface area contributed by atoms with Crippen molar-refractivity contribution in [1.29, 1.82) is 0 Å². The zero-order valence-electron chi connectivity index (χ0n) is 24.8. The average molecular weight is 613 g/mol. The number of unbranched alkanes of at least 4 members (excludes halogenated alkanes) is 1. The van der Waals surface area contributed by atoms with Crippen molar-refractivity contribution in [1.82, 2.24) is 14.8 Å². The van der Waals surface area contributed by atoms with E-state index >= 15 is 0 Å². The van der Waals surface area contributed by atoms with Crippen LogP contribution in [-0.2, 0) is 24.3 Å². The number of carbonyl (C=O) groups is 1. The van der Waals surface area contributed by atoms with Crippen molar-refractivity contribution in [3.8, 4) is 5.75 Å². The molecule has 2 aliphatic rings. The standard InChI is InChI=1S/C33H41N5O2.2ClH/c1-4-5-15-33(16-8-17-34-22-33)23-37-20-25(18-36-37)21-38(26-13-14-30(24(2)3)35-19-26)32(40)29-11-6-10-28-27(29)9-7-12-31(28)39;;/h7-9,12-14,16,18-20,22,24,29,39H,4-6,10-11,15,17,21,23H2,1-3H3;2*1H. The van der Waals surface area contributed by atoms with Crippen molar-refractivity contribution in [2.75, 3.05) is 11.4 Å². The Kier molecular flexibility index (Phi) is 11.8. The molecule has 0 saturated heterocycles. The molecule has 226 valence electrons. The quantitative estimate of drug-likeness (QED) is 0.242. The third-order valence-electron chi connectivity index (χ3n) is 8.21. The molecule has 2 aromatic heterocycles. The molecule has 1 aliphatic carbocycles. The molecular weight excluding hydrogens is 569 g/mol. The zero-order chi connectivity index (χ0) is 28.1. The number of phenolic OH excluding ortho intramolecular Hbond substituents is 1. The van der Waals surface area contributed by atoms with Crippen molar-refractivity contribution < 1.29 is 9.90 Å². The molecule has 1 amide bonds. The molecule has 0 bridgehead atoms. The summed E-state index contributed by atoms with van der Waals surface area (Å²) in [5, 5.41) is 15.2. The largest absolute Gasteiger partial charge is 0.508 e. The van der Waals surface area contributed by atoms with Crippen molar-refractivity contribution >= 4 is 42.6 Å². The Morgan fingerprint density at radius 1 is 1.19 bits per heavy atom. The minimum absolute atomic E-state index is 0. The van der Waals surface area contributed by atoms with Gasteiger partial charge in [-0.3, -0.25) is 19.5 Å². The van der Waals surface area contributed by atoms with Crippen LogP contribution >= 0.6 is 24.8 Å². The van der Waals surface area contributed by atoms with Gasteiger partial charge in [-0.15, -0.1) is 24.8 Å².